The van der Waals surface area contributed by atoms with Crippen molar-refractivity contribution in [2.75, 3.05) is 53.0 Å². The molecular weight excluding hydrogens is 448 g/mol. The van der Waals surface area contributed by atoms with Gasteiger partial charge in [0, 0.05) is 75.2 Å². The Morgan fingerprint density at radius 1 is 1.17 bits per heavy atom. The van der Waals surface area contributed by atoms with Crippen LogP contribution in [0.3, 0.4) is 0 Å². The van der Waals surface area contributed by atoms with Crippen LogP contribution < -0.4 is 5.32 Å². The maximum atomic E-state index is 5.44. The molecule has 7 nitrogen and oxygen atoms in total. The van der Waals surface area contributed by atoms with Gasteiger partial charge in [0.05, 0.1) is 13.2 Å². The lowest BCUT2D eigenvalue weighted by Gasteiger charge is -2.29. The average Bonchev–Trinajstić information content (AvgIpc) is 3.56. The second-order valence-corrected chi connectivity index (χ2v) is 8.98. The summed E-state index contributed by atoms with van der Waals surface area (Å²) in [7, 11) is 2.12. The molecule has 0 amide bonds. The van der Waals surface area contributed by atoms with E-state index in [9.17, 15) is 0 Å². The molecule has 0 spiro atoms. The molecule has 0 aromatic carbocycles. The minimum Gasteiger partial charge on any atom is -0.378 e. The zero-order valence-corrected chi connectivity index (χ0v) is 23.9. The molecule has 1 atom stereocenters. The first kappa shape index (κ1) is 31.2. The standard InChI is InChI=1S/C23H36N6O.C3H8.C3H6/c1-6-22(26-16-18(3)28-12-14-30-15-13-28)27(5)20-9-11-29(17-20)19(4)21-8-10-25-23(21)24-7-2;2*1-3-2/h6,8,10,16,20H,1,7,9,11-15,17H2,2-5H3,(H,24,25);3H2,1-2H3;3H,1H2,2H3/b18-16+,21-19+,26-22?;;. The maximum Gasteiger partial charge on any atom is 0.134 e. The van der Waals surface area contributed by atoms with E-state index >= 15 is 0 Å². The third-order valence-electron chi connectivity index (χ3n) is 6.05. The zero-order valence-electron chi connectivity index (χ0n) is 23.9. The van der Waals surface area contributed by atoms with Crippen LogP contribution >= 0.6 is 0 Å². The van der Waals surface area contributed by atoms with Crippen LogP contribution in [0.15, 0.2) is 70.7 Å². The van der Waals surface area contributed by atoms with Gasteiger partial charge in [-0.1, -0.05) is 32.9 Å². The Morgan fingerprint density at radius 2 is 1.81 bits per heavy atom. The topological polar surface area (TPSA) is 55.7 Å². The molecule has 2 saturated heterocycles. The van der Waals surface area contributed by atoms with Gasteiger partial charge in [0.15, 0.2) is 0 Å². The third-order valence-corrected chi connectivity index (χ3v) is 6.05. The summed E-state index contributed by atoms with van der Waals surface area (Å²) in [5, 5.41) is 3.25. The molecule has 0 aromatic rings. The molecule has 1 unspecified atom stereocenters. The minimum absolute atomic E-state index is 0.402. The van der Waals surface area contributed by atoms with Crippen molar-refractivity contribution in [2.24, 2.45) is 9.98 Å². The summed E-state index contributed by atoms with van der Waals surface area (Å²) in [4.78, 5) is 16.4. The Labute approximate surface area is 220 Å². The van der Waals surface area contributed by atoms with E-state index in [1.54, 1.807) is 6.08 Å². The normalized spacial score (nSPS) is 22.3. The number of hydrogen-bond donors (Lipinski definition) is 1. The first-order valence-electron chi connectivity index (χ1n) is 13.3. The van der Waals surface area contributed by atoms with Gasteiger partial charge in [-0.25, -0.2) is 4.99 Å². The van der Waals surface area contributed by atoms with Crippen molar-refractivity contribution in [1.82, 2.24) is 20.0 Å². The number of aliphatic imine (C=N–C) groups is 2. The predicted octanol–water partition coefficient (Wildman–Crippen LogP) is 5.19. The fourth-order valence-corrected chi connectivity index (χ4v) is 4.11. The Balaban J connectivity index is 0.000000982. The highest BCUT2D eigenvalue weighted by molar-refractivity contribution is 6.04. The molecule has 3 aliphatic heterocycles. The summed E-state index contributed by atoms with van der Waals surface area (Å²) < 4.78 is 5.44. The zero-order chi connectivity index (χ0) is 26.9. The van der Waals surface area contributed by atoms with Crippen LogP contribution in [0, 0.1) is 0 Å². The van der Waals surface area contributed by atoms with E-state index in [4.69, 9.17) is 9.73 Å². The number of allylic oxidation sites excluding steroid dienone is 3. The van der Waals surface area contributed by atoms with Gasteiger partial charge in [-0.3, -0.25) is 4.99 Å². The molecule has 0 saturated carbocycles. The van der Waals surface area contributed by atoms with Crippen LogP contribution in [0.5, 0.6) is 0 Å². The molecule has 1 N–H and O–H groups in total. The van der Waals surface area contributed by atoms with E-state index < -0.39 is 0 Å². The number of nitrogens with zero attached hydrogens (tertiary/aromatic N) is 5. The molecule has 202 valence electrons. The van der Waals surface area contributed by atoms with Gasteiger partial charge in [-0.05, 0) is 46.3 Å². The van der Waals surface area contributed by atoms with Crippen molar-refractivity contribution in [1.29, 1.82) is 0 Å². The second-order valence-electron chi connectivity index (χ2n) is 8.98. The Kier molecular flexibility index (Phi) is 15.3. The highest BCUT2D eigenvalue weighted by atomic mass is 16.5. The monoisotopic (exact) mass is 498 g/mol. The van der Waals surface area contributed by atoms with Gasteiger partial charge in [-0.15, -0.1) is 6.58 Å². The number of nitrogens with one attached hydrogen (secondary N) is 1. The lowest BCUT2D eigenvalue weighted by molar-refractivity contribution is 0.0536. The molecule has 0 aliphatic carbocycles. The summed E-state index contributed by atoms with van der Waals surface area (Å²) in [6, 6.07) is 0.402. The first-order chi connectivity index (χ1) is 17.4. The van der Waals surface area contributed by atoms with Crippen molar-refractivity contribution in [3.05, 3.63) is 60.8 Å². The summed E-state index contributed by atoms with van der Waals surface area (Å²) >= 11 is 0. The van der Waals surface area contributed by atoms with E-state index in [1.807, 2.05) is 25.4 Å². The van der Waals surface area contributed by atoms with Gasteiger partial charge in [0.1, 0.15) is 11.7 Å². The summed E-state index contributed by atoms with van der Waals surface area (Å²) in [5.41, 5.74) is 3.64. The van der Waals surface area contributed by atoms with Gasteiger partial charge in [0.25, 0.3) is 0 Å². The smallest absolute Gasteiger partial charge is 0.134 e. The van der Waals surface area contributed by atoms with Gasteiger partial charge in [0.2, 0.25) is 0 Å². The molecule has 36 heavy (non-hydrogen) atoms. The number of likely N-dealkylation sites (N-methyl/N-ethyl adjacent to an activating group) is 1. The second kappa shape index (κ2) is 17.6. The molecule has 3 heterocycles. The minimum atomic E-state index is 0.402. The third kappa shape index (κ3) is 9.69. The molecular formula is C29H50N6O. The van der Waals surface area contributed by atoms with Crippen LogP contribution in [-0.4, -0.2) is 85.4 Å². The summed E-state index contributed by atoms with van der Waals surface area (Å²) in [6.45, 7) is 26.1. The number of rotatable bonds is 6. The maximum absolute atomic E-state index is 5.44. The molecule has 3 aliphatic rings. The van der Waals surface area contributed by atoms with Crippen molar-refractivity contribution in [3.63, 3.8) is 0 Å². The predicted molar refractivity (Wildman–Crippen MR) is 156 cm³/mol. The number of hydrogen-bond acceptors (Lipinski definition) is 5. The lowest BCUT2D eigenvalue weighted by Crippen LogP contribution is -2.38. The van der Waals surface area contributed by atoms with Crippen molar-refractivity contribution in [3.8, 4) is 0 Å². The fourth-order valence-electron chi connectivity index (χ4n) is 4.11. The quantitative estimate of drug-likeness (QED) is 0.310. The molecule has 2 fully saturated rings. The van der Waals surface area contributed by atoms with E-state index in [0.717, 1.165) is 64.0 Å². The Hall–Kier alpha value is -2.80. The van der Waals surface area contributed by atoms with Crippen LogP contribution in [0.1, 0.15) is 54.4 Å². The van der Waals surface area contributed by atoms with Gasteiger partial charge in [-0.2, -0.15) is 0 Å². The van der Waals surface area contributed by atoms with Gasteiger partial charge >= 0.3 is 0 Å². The molecule has 7 heteroatoms. The number of ether oxygens (including phenoxy) is 1. The van der Waals surface area contributed by atoms with Crippen LogP contribution in [-0.2, 0) is 4.74 Å². The molecule has 0 bridgehead atoms. The highest BCUT2D eigenvalue weighted by Gasteiger charge is 2.28. The molecule has 0 radical (unpaired) electrons. The summed E-state index contributed by atoms with van der Waals surface area (Å²) in [5.74, 6) is 1.89. The lowest BCUT2D eigenvalue weighted by atomic mass is 10.2. The Bertz CT molecular complexity index is 833. The number of morpholine rings is 1. The van der Waals surface area contributed by atoms with E-state index in [1.165, 1.54) is 23.4 Å². The Morgan fingerprint density at radius 3 is 2.39 bits per heavy atom. The largest absolute Gasteiger partial charge is 0.378 e. The van der Waals surface area contributed by atoms with E-state index in [-0.39, 0.29) is 0 Å². The molecule has 3 rings (SSSR count). The van der Waals surface area contributed by atoms with E-state index in [2.05, 4.69) is 85.9 Å². The van der Waals surface area contributed by atoms with Crippen LogP contribution in [0.25, 0.3) is 0 Å². The highest BCUT2D eigenvalue weighted by Crippen LogP contribution is 2.23. The summed E-state index contributed by atoms with van der Waals surface area (Å²) in [6.07, 6.45) is 12.0. The van der Waals surface area contributed by atoms with Crippen molar-refractivity contribution in [2.45, 2.75) is 60.4 Å². The molecule has 0 aromatic heterocycles. The SMILES string of the molecule is C=CC.C=CC(=N/C=C(\C)N1CCOCC1)N(C)C1CCN(/C(C)=C2\C=CNC2=NCC)C1.CCC. The van der Waals surface area contributed by atoms with Crippen molar-refractivity contribution < 1.29 is 4.74 Å². The number of amidine groups is 2. The fraction of sp³-hybridized carbons (Fsp3) is 0.586. The van der Waals surface area contributed by atoms with Crippen molar-refractivity contribution >= 4 is 11.7 Å². The van der Waals surface area contributed by atoms with Gasteiger partial charge < -0.3 is 24.8 Å². The first-order valence-corrected chi connectivity index (χ1v) is 13.3. The number of likely N-dealkylation sites (tertiary alicyclic amines) is 1. The van der Waals surface area contributed by atoms with Crippen LogP contribution in [0.2, 0.25) is 0 Å². The van der Waals surface area contributed by atoms with E-state index in [0.29, 0.717) is 6.04 Å². The van der Waals surface area contributed by atoms with Crippen LogP contribution in [0.4, 0.5) is 0 Å². The average molecular weight is 499 g/mol.